The van der Waals surface area contributed by atoms with Crippen LogP contribution in [0.15, 0.2) is 30.5 Å². The van der Waals surface area contributed by atoms with Crippen molar-refractivity contribution in [3.63, 3.8) is 0 Å². The molecule has 118 valence electrons. The summed E-state index contributed by atoms with van der Waals surface area (Å²) in [6.45, 7) is 0.492. The van der Waals surface area contributed by atoms with E-state index in [9.17, 15) is 13.2 Å². The summed E-state index contributed by atoms with van der Waals surface area (Å²) in [5.41, 5.74) is 2.12. The lowest BCUT2D eigenvalue weighted by molar-refractivity contribution is -0.121. The first-order valence-electron chi connectivity index (χ1n) is 7.55. The quantitative estimate of drug-likeness (QED) is 0.884. The molecule has 0 radical (unpaired) electrons. The lowest BCUT2D eigenvalue weighted by atomic mass is 10.0. The molecular formula is C16H20N2O3S. The number of carbonyl (C=O) groups excluding carboxylic acids is 1. The number of fused-ring (bicyclic) bond motifs is 1. The van der Waals surface area contributed by atoms with Gasteiger partial charge in [0, 0.05) is 30.1 Å². The van der Waals surface area contributed by atoms with Crippen molar-refractivity contribution in [2.24, 2.45) is 5.92 Å². The minimum Gasteiger partial charge on any atom is -0.361 e. The van der Waals surface area contributed by atoms with Crippen LogP contribution in [0, 0.1) is 5.92 Å². The second-order valence-electron chi connectivity index (χ2n) is 5.94. The molecule has 1 amide bonds. The summed E-state index contributed by atoms with van der Waals surface area (Å²) in [5.74, 6) is 0.635. The van der Waals surface area contributed by atoms with Crippen LogP contribution in [0.3, 0.4) is 0 Å². The lowest BCUT2D eigenvalue weighted by Gasteiger charge is -2.08. The average Bonchev–Trinajstić information content (AvgIpc) is 3.06. The molecule has 2 heterocycles. The van der Waals surface area contributed by atoms with Gasteiger partial charge in [-0.1, -0.05) is 18.2 Å². The molecule has 1 aromatic carbocycles. The standard InChI is InChI=1S/C16H20N2O3S/c19-16(6-5-12-7-8-22(20,21)11-12)18-10-13-9-17-15-4-2-1-3-14(13)15/h1-4,9,12,17H,5-8,10-11H2,(H,18,19). The van der Waals surface area contributed by atoms with Gasteiger partial charge in [0.15, 0.2) is 9.84 Å². The molecule has 6 heteroatoms. The Kier molecular flexibility index (Phi) is 4.20. The number of nitrogens with one attached hydrogen (secondary N) is 2. The smallest absolute Gasteiger partial charge is 0.220 e. The van der Waals surface area contributed by atoms with Gasteiger partial charge in [-0.2, -0.15) is 0 Å². The first-order chi connectivity index (χ1) is 10.5. The van der Waals surface area contributed by atoms with Crippen molar-refractivity contribution < 1.29 is 13.2 Å². The SMILES string of the molecule is O=C(CCC1CCS(=O)(=O)C1)NCc1c[nH]c2ccccc12. The Morgan fingerprint density at radius 1 is 1.32 bits per heavy atom. The van der Waals surface area contributed by atoms with Gasteiger partial charge < -0.3 is 10.3 Å². The van der Waals surface area contributed by atoms with Gasteiger partial charge >= 0.3 is 0 Å². The normalized spacial score (nSPS) is 20.3. The molecule has 1 aromatic heterocycles. The van der Waals surface area contributed by atoms with Crippen molar-refractivity contribution in [1.29, 1.82) is 0 Å². The maximum atomic E-state index is 11.9. The number of hydrogen-bond donors (Lipinski definition) is 2. The molecule has 1 saturated heterocycles. The molecule has 2 aromatic rings. The predicted octanol–water partition coefficient (Wildman–Crippen LogP) is 2.00. The molecule has 22 heavy (non-hydrogen) atoms. The third-order valence-corrected chi connectivity index (χ3v) is 6.09. The van der Waals surface area contributed by atoms with E-state index in [1.165, 1.54) is 0 Å². The van der Waals surface area contributed by atoms with Crippen molar-refractivity contribution in [1.82, 2.24) is 10.3 Å². The molecule has 1 aliphatic heterocycles. The Bertz CT molecular complexity index is 780. The summed E-state index contributed by atoms with van der Waals surface area (Å²) in [7, 11) is -2.85. The highest BCUT2D eigenvalue weighted by Crippen LogP contribution is 2.23. The van der Waals surface area contributed by atoms with Crippen LogP contribution in [0.5, 0.6) is 0 Å². The number of hydrogen-bond acceptors (Lipinski definition) is 3. The maximum Gasteiger partial charge on any atom is 0.220 e. The van der Waals surface area contributed by atoms with E-state index in [1.807, 2.05) is 30.5 Å². The van der Waals surface area contributed by atoms with Gasteiger partial charge in [0.25, 0.3) is 0 Å². The molecule has 1 unspecified atom stereocenters. The van der Waals surface area contributed by atoms with Gasteiger partial charge in [0.2, 0.25) is 5.91 Å². The number of amides is 1. The Hall–Kier alpha value is -1.82. The van der Waals surface area contributed by atoms with Gasteiger partial charge in [-0.3, -0.25) is 4.79 Å². The summed E-state index contributed by atoms with van der Waals surface area (Å²) in [5, 5.41) is 4.03. The van der Waals surface area contributed by atoms with Gasteiger partial charge in [0.05, 0.1) is 11.5 Å². The van der Waals surface area contributed by atoms with E-state index in [2.05, 4.69) is 10.3 Å². The van der Waals surface area contributed by atoms with Crippen LogP contribution in [0.2, 0.25) is 0 Å². The average molecular weight is 320 g/mol. The molecule has 0 saturated carbocycles. The molecule has 0 spiro atoms. The minimum atomic E-state index is -2.85. The topological polar surface area (TPSA) is 79.0 Å². The van der Waals surface area contributed by atoms with Gasteiger partial charge in [-0.05, 0) is 30.4 Å². The fourth-order valence-corrected chi connectivity index (χ4v) is 4.91. The highest BCUT2D eigenvalue weighted by atomic mass is 32.2. The van der Waals surface area contributed by atoms with Crippen molar-refractivity contribution >= 4 is 26.6 Å². The number of carbonyl (C=O) groups is 1. The van der Waals surface area contributed by atoms with Crippen LogP contribution in [-0.2, 0) is 21.2 Å². The largest absolute Gasteiger partial charge is 0.361 e. The molecule has 2 N–H and O–H groups in total. The summed E-state index contributed by atoms with van der Waals surface area (Å²) < 4.78 is 22.8. The molecule has 5 nitrogen and oxygen atoms in total. The molecule has 1 fully saturated rings. The summed E-state index contributed by atoms with van der Waals surface area (Å²) in [4.78, 5) is 15.1. The van der Waals surface area contributed by atoms with Crippen molar-refractivity contribution in [3.8, 4) is 0 Å². The second-order valence-corrected chi connectivity index (χ2v) is 8.17. The summed E-state index contributed by atoms with van der Waals surface area (Å²) in [6, 6.07) is 7.97. The van der Waals surface area contributed by atoms with Crippen LogP contribution >= 0.6 is 0 Å². The van der Waals surface area contributed by atoms with E-state index in [0.717, 1.165) is 16.5 Å². The number of aromatic amines is 1. The van der Waals surface area contributed by atoms with Gasteiger partial charge in [-0.25, -0.2) is 8.42 Å². The number of rotatable bonds is 5. The van der Waals surface area contributed by atoms with E-state index in [-0.39, 0.29) is 23.3 Å². The number of para-hydroxylation sites is 1. The first kappa shape index (κ1) is 15.1. The van der Waals surface area contributed by atoms with Crippen LogP contribution in [0.25, 0.3) is 10.9 Å². The zero-order chi connectivity index (χ0) is 15.6. The molecule has 0 bridgehead atoms. The monoisotopic (exact) mass is 320 g/mol. The van der Waals surface area contributed by atoms with Crippen LogP contribution in [0.1, 0.15) is 24.8 Å². The lowest BCUT2D eigenvalue weighted by Crippen LogP contribution is -2.23. The Morgan fingerprint density at radius 2 is 2.14 bits per heavy atom. The molecular weight excluding hydrogens is 300 g/mol. The number of H-pyrrole nitrogens is 1. The number of benzene rings is 1. The summed E-state index contributed by atoms with van der Waals surface area (Å²) >= 11 is 0. The van der Waals surface area contributed by atoms with Crippen molar-refractivity contribution in [2.45, 2.75) is 25.8 Å². The predicted molar refractivity (Wildman–Crippen MR) is 86.1 cm³/mol. The molecule has 0 aliphatic carbocycles. The molecule has 1 aliphatic rings. The number of aromatic nitrogens is 1. The fraction of sp³-hybridized carbons (Fsp3) is 0.438. The van der Waals surface area contributed by atoms with Crippen LogP contribution in [-0.4, -0.2) is 30.8 Å². The van der Waals surface area contributed by atoms with Crippen molar-refractivity contribution in [3.05, 3.63) is 36.0 Å². The van der Waals surface area contributed by atoms with Crippen molar-refractivity contribution in [2.75, 3.05) is 11.5 Å². The zero-order valence-electron chi connectivity index (χ0n) is 12.3. The Morgan fingerprint density at radius 3 is 2.91 bits per heavy atom. The van der Waals surface area contributed by atoms with E-state index < -0.39 is 9.84 Å². The van der Waals surface area contributed by atoms with E-state index in [0.29, 0.717) is 25.8 Å². The maximum absolute atomic E-state index is 11.9. The highest BCUT2D eigenvalue weighted by molar-refractivity contribution is 7.91. The third-order valence-electron chi connectivity index (χ3n) is 4.26. The van der Waals surface area contributed by atoms with E-state index in [4.69, 9.17) is 0 Å². The Labute approximate surface area is 130 Å². The van der Waals surface area contributed by atoms with Gasteiger partial charge in [0.1, 0.15) is 0 Å². The fourth-order valence-electron chi connectivity index (χ4n) is 2.99. The van der Waals surface area contributed by atoms with E-state index in [1.54, 1.807) is 0 Å². The molecule has 3 rings (SSSR count). The molecule has 1 atom stereocenters. The Balaban J connectivity index is 1.48. The minimum absolute atomic E-state index is 0.0189. The van der Waals surface area contributed by atoms with Crippen LogP contribution in [0.4, 0.5) is 0 Å². The van der Waals surface area contributed by atoms with Crippen LogP contribution < -0.4 is 5.32 Å². The first-order valence-corrected chi connectivity index (χ1v) is 9.38. The van der Waals surface area contributed by atoms with E-state index >= 15 is 0 Å². The third kappa shape index (κ3) is 3.50. The second kappa shape index (κ2) is 6.12. The van der Waals surface area contributed by atoms with Gasteiger partial charge in [-0.15, -0.1) is 0 Å². The zero-order valence-corrected chi connectivity index (χ0v) is 13.2. The summed E-state index contributed by atoms with van der Waals surface area (Å²) in [6.07, 6.45) is 3.65. The number of sulfone groups is 1. The highest BCUT2D eigenvalue weighted by Gasteiger charge is 2.27.